The zero-order chi connectivity index (χ0) is 25.7. The van der Waals surface area contributed by atoms with Crippen LogP contribution in [0.1, 0.15) is 65.7 Å². The van der Waals surface area contributed by atoms with Crippen molar-refractivity contribution in [2.75, 3.05) is 7.11 Å². The fourth-order valence-corrected chi connectivity index (χ4v) is 3.88. The smallest absolute Gasteiger partial charge is 0.469 e. The number of benzene rings is 1. The van der Waals surface area contributed by atoms with Crippen molar-refractivity contribution < 1.29 is 44.8 Å². The summed E-state index contributed by atoms with van der Waals surface area (Å²) in [5, 5.41) is 0. The zero-order valence-corrected chi connectivity index (χ0v) is 20.0. The number of carbonyl (C=O) groups excluding carboxylic acids is 2. The van der Waals surface area contributed by atoms with Crippen LogP contribution in [0.5, 0.6) is 5.75 Å². The van der Waals surface area contributed by atoms with Crippen molar-refractivity contribution in [2.24, 2.45) is 0 Å². The van der Waals surface area contributed by atoms with Gasteiger partial charge in [-0.3, -0.25) is 4.79 Å². The van der Waals surface area contributed by atoms with E-state index in [0.29, 0.717) is 29.5 Å². The number of methoxy groups -OCH3 is 1. The first-order chi connectivity index (χ1) is 15.8. The Kier molecular flexibility index (Phi) is 8.78. The molecule has 11 heteroatoms. The van der Waals surface area contributed by atoms with Gasteiger partial charge in [0.2, 0.25) is 0 Å². The molecule has 34 heavy (non-hydrogen) atoms. The molecule has 0 unspecified atom stereocenters. The van der Waals surface area contributed by atoms with Gasteiger partial charge < -0.3 is 13.7 Å². The van der Waals surface area contributed by atoms with Gasteiger partial charge in [0.1, 0.15) is 12.2 Å². The first-order valence-electron chi connectivity index (χ1n) is 10.4. The second-order valence-electron chi connectivity index (χ2n) is 7.54. The Morgan fingerprint density at radius 3 is 2.47 bits per heavy atom. The predicted octanol–water partition coefficient (Wildman–Crippen LogP) is 4.29. The van der Waals surface area contributed by atoms with Crippen LogP contribution in [-0.4, -0.2) is 33.0 Å². The Morgan fingerprint density at radius 2 is 1.88 bits per heavy atom. The van der Waals surface area contributed by atoms with Crippen LogP contribution in [0.4, 0.5) is 13.2 Å². The number of esters is 2. The van der Waals surface area contributed by atoms with Crippen LogP contribution < -0.4 is 4.18 Å². The molecule has 0 N–H and O–H groups in total. The molecule has 0 radical (unpaired) electrons. The molecule has 186 valence electrons. The number of cyclic esters (lactones) is 1. The summed E-state index contributed by atoms with van der Waals surface area (Å²) < 4.78 is 77.4. The van der Waals surface area contributed by atoms with Crippen LogP contribution in [0.3, 0.4) is 0 Å². The van der Waals surface area contributed by atoms with E-state index in [-0.39, 0.29) is 42.6 Å². The Bertz CT molecular complexity index is 1170. The molecule has 1 aromatic rings. The Hall–Kier alpha value is -3.00. The van der Waals surface area contributed by atoms with Crippen LogP contribution in [-0.2, 0) is 43.8 Å². The highest BCUT2D eigenvalue weighted by Gasteiger charge is 2.50. The average Bonchev–Trinajstić information content (AvgIpc) is 3.15. The maximum Gasteiger partial charge on any atom is 0.534 e. The van der Waals surface area contributed by atoms with Crippen LogP contribution >= 0.6 is 0 Å². The van der Waals surface area contributed by atoms with E-state index < -0.39 is 33.3 Å². The van der Waals surface area contributed by atoms with E-state index in [4.69, 9.17) is 4.74 Å². The second-order valence-corrected chi connectivity index (χ2v) is 9.08. The molecule has 0 bridgehead atoms. The summed E-state index contributed by atoms with van der Waals surface area (Å²) in [4.78, 5) is 23.8. The van der Waals surface area contributed by atoms with Crippen LogP contribution in [0.15, 0.2) is 11.6 Å². The number of carbonyl (C=O) groups is 2. The first kappa shape index (κ1) is 27.2. The number of halogens is 3. The van der Waals surface area contributed by atoms with Crippen molar-refractivity contribution in [3.05, 3.63) is 39.5 Å². The topological polar surface area (TPSA) is 96.0 Å². The van der Waals surface area contributed by atoms with Crippen LogP contribution in [0.25, 0.3) is 0 Å². The molecule has 0 aromatic heterocycles. The van der Waals surface area contributed by atoms with Crippen LogP contribution in [0, 0.1) is 18.8 Å². The van der Waals surface area contributed by atoms with Gasteiger partial charge in [0.15, 0.2) is 5.75 Å². The second kappa shape index (κ2) is 11.0. The van der Waals surface area contributed by atoms with Gasteiger partial charge in [0, 0.05) is 30.4 Å². The van der Waals surface area contributed by atoms with Crippen molar-refractivity contribution in [1.82, 2.24) is 0 Å². The third-order valence-electron chi connectivity index (χ3n) is 5.27. The molecule has 7 nitrogen and oxygen atoms in total. The van der Waals surface area contributed by atoms with Crippen molar-refractivity contribution in [3.8, 4) is 17.6 Å². The molecule has 2 rings (SSSR count). The van der Waals surface area contributed by atoms with Crippen molar-refractivity contribution in [1.29, 1.82) is 0 Å². The summed E-state index contributed by atoms with van der Waals surface area (Å²) in [6, 6.07) is 0. The largest absolute Gasteiger partial charge is 0.534 e. The van der Waals surface area contributed by atoms with Gasteiger partial charge in [-0.25, -0.2) is 4.79 Å². The highest BCUT2D eigenvalue weighted by atomic mass is 32.2. The van der Waals surface area contributed by atoms with E-state index in [9.17, 15) is 31.2 Å². The van der Waals surface area contributed by atoms with Gasteiger partial charge in [-0.1, -0.05) is 24.5 Å². The third-order valence-corrected chi connectivity index (χ3v) is 6.23. The monoisotopic (exact) mass is 502 g/mol. The van der Waals surface area contributed by atoms with E-state index in [2.05, 4.69) is 20.8 Å². The summed E-state index contributed by atoms with van der Waals surface area (Å²) in [6.45, 7) is 4.99. The molecule has 0 fully saturated rings. The molecule has 0 atom stereocenters. The van der Waals surface area contributed by atoms with E-state index in [1.807, 2.05) is 6.92 Å². The number of ether oxygens (including phenoxy) is 2. The Labute approximate surface area is 196 Å². The number of hydrogen-bond donors (Lipinski definition) is 0. The minimum Gasteiger partial charge on any atom is -0.469 e. The molecule has 1 aliphatic rings. The summed E-state index contributed by atoms with van der Waals surface area (Å²) >= 11 is 0. The fourth-order valence-electron chi connectivity index (χ4n) is 3.39. The number of hydrogen-bond acceptors (Lipinski definition) is 7. The van der Waals surface area contributed by atoms with Crippen molar-refractivity contribution in [2.45, 2.75) is 65.0 Å². The summed E-state index contributed by atoms with van der Waals surface area (Å²) in [5.41, 5.74) is -3.94. The summed E-state index contributed by atoms with van der Waals surface area (Å²) in [7, 11) is -4.81. The summed E-state index contributed by atoms with van der Waals surface area (Å²) in [5.74, 6) is 3.67. The molecule has 0 saturated carbocycles. The Morgan fingerprint density at radius 1 is 1.21 bits per heavy atom. The molecule has 0 amide bonds. The molecule has 1 aliphatic heterocycles. The maximum atomic E-state index is 13.1. The molecule has 1 aromatic carbocycles. The SMILES string of the molecule is CCC#CCc1c(C)c2c(c(OS(=O)(=O)C(F)(F)F)c1CC=C(C)CCC(=O)OC)C(=O)OC2. The van der Waals surface area contributed by atoms with Gasteiger partial charge in [0.25, 0.3) is 0 Å². The lowest BCUT2D eigenvalue weighted by Gasteiger charge is -2.20. The van der Waals surface area contributed by atoms with Gasteiger partial charge in [-0.2, -0.15) is 21.6 Å². The molecule has 0 saturated heterocycles. The maximum absolute atomic E-state index is 13.1. The van der Waals surface area contributed by atoms with Gasteiger partial charge in [-0.15, -0.1) is 5.92 Å². The lowest BCUT2D eigenvalue weighted by molar-refractivity contribution is -0.140. The highest BCUT2D eigenvalue weighted by Crippen LogP contribution is 2.41. The number of fused-ring (bicyclic) bond motifs is 1. The van der Waals surface area contributed by atoms with E-state index in [1.165, 1.54) is 7.11 Å². The normalized spacial score (nSPS) is 13.6. The minimum absolute atomic E-state index is 0.0553. The van der Waals surface area contributed by atoms with E-state index >= 15 is 0 Å². The number of allylic oxidation sites excluding steroid dienone is 2. The van der Waals surface area contributed by atoms with Crippen molar-refractivity contribution >= 4 is 22.1 Å². The zero-order valence-electron chi connectivity index (χ0n) is 19.2. The van der Waals surface area contributed by atoms with Gasteiger partial charge >= 0.3 is 27.6 Å². The number of rotatable bonds is 8. The fraction of sp³-hybridized carbons (Fsp3) is 0.478. The minimum atomic E-state index is -6.06. The molecular formula is C23H25F3O7S. The number of alkyl halides is 3. The molecule has 1 heterocycles. The molecule has 0 aliphatic carbocycles. The van der Waals surface area contributed by atoms with Crippen LogP contribution in [0.2, 0.25) is 0 Å². The van der Waals surface area contributed by atoms with Crippen molar-refractivity contribution in [3.63, 3.8) is 0 Å². The quantitative estimate of drug-likeness (QED) is 0.172. The lowest BCUT2D eigenvalue weighted by Crippen LogP contribution is -2.29. The van der Waals surface area contributed by atoms with E-state index in [1.54, 1.807) is 19.9 Å². The van der Waals surface area contributed by atoms with Gasteiger partial charge in [-0.05, 0) is 37.8 Å². The lowest BCUT2D eigenvalue weighted by atomic mass is 9.88. The van der Waals surface area contributed by atoms with E-state index in [0.717, 1.165) is 0 Å². The summed E-state index contributed by atoms with van der Waals surface area (Å²) in [6.07, 6.45) is 2.64. The van der Waals surface area contributed by atoms with Gasteiger partial charge in [0.05, 0.1) is 7.11 Å². The average molecular weight is 503 g/mol. The standard InChI is InChI=1S/C23H25F3O7S/c1-5-6-7-8-16-15(3)18-13-32-22(28)20(18)21(33-34(29,30)23(24,25)26)17(16)11-9-14(2)10-12-19(27)31-4/h9H,5,8,10-13H2,1-4H3. The molecular weight excluding hydrogens is 477 g/mol. The highest BCUT2D eigenvalue weighted by molar-refractivity contribution is 7.88. The molecule has 0 spiro atoms. The third kappa shape index (κ3) is 6.11. The Balaban J connectivity index is 2.69. The predicted molar refractivity (Wildman–Crippen MR) is 116 cm³/mol. The first-order valence-corrected chi connectivity index (χ1v) is 11.8.